The summed E-state index contributed by atoms with van der Waals surface area (Å²) in [7, 11) is 0. The van der Waals surface area contributed by atoms with Crippen LogP contribution in [0.4, 0.5) is 0 Å². The highest BCUT2D eigenvalue weighted by molar-refractivity contribution is 4.91. The number of ether oxygens (including phenoxy) is 1. The average Bonchev–Trinajstić information content (AvgIpc) is 2.17. The van der Waals surface area contributed by atoms with Crippen LogP contribution in [0.1, 0.15) is 25.7 Å². The van der Waals surface area contributed by atoms with Crippen molar-refractivity contribution in [3.8, 4) is 0 Å². The van der Waals surface area contributed by atoms with E-state index in [-0.39, 0.29) is 0 Å². The van der Waals surface area contributed by atoms with Gasteiger partial charge >= 0.3 is 0 Å². The molecule has 0 N–H and O–H groups in total. The van der Waals surface area contributed by atoms with Crippen molar-refractivity contribution in [2.75, 3.05) is 6.61 Å². The molecule has 0 aliphatic carbocycles. The first-order valence-electron chi connectivity index (χ1n) is 4.01. The molecule has 1 rings (SSSR count). The van der Waals surface area contributed by atoms with Crippen molar-refractivity contribution in [2.45, 2.75) is 31.8 Å². The van der Waals surface area contributed by atoms with Gasteiger partial charge in [0.1, 0.15) is 0 Å². The lowest BCUT2D eigenvalue weighted by Gasteiger charge is -2.08. The summed E-state index contributed by atoms with van der Waals surface area (Å²) < 4.78 is 5.52. The normalized spacial score (nSPS) is 28.7. The zero-order chi connectivity index (χ0) is 7.23. The number of hydrogen-bond donors (Lipinski definition) is 0. The molecule has 1 heteroatoms. The molecule has 0 aromatic heterocycles. The second-order valence-electron chi connectivity index (χ2n) is 2.69. The van der Waals surface area contributed by atoms with Gasteiger partial charge in [0, 0.05) is 6.61 Å². The molecule has 1 heterocycles. The van der Waals surface area contributed by atoms with E-state index in [1.807, 2.05) is 12.2 Å². The summed E-state index contributed by atoms with van der Waals surface area (Å²) in [5.74, 6) is 0. The van der Waals surface area contributed by atoms with Crippen molar-refractivity contribution < 1.29 is 4.74 Å². The van der Waals surface area contributed by atoms with E-state index in [1.54, 1.807) is 0 Å². The molecule has 1 fully saturated rings. The Morgan fingerprint density at radius 1 is 1.30 bits per heavy atom. The molecule has 0 spiro atoms. The standard InChI is InChI=1S/C9H15O/c1-2-6-9-7-4-3-5-8-10-9/h2,6,9H,1,3-5,7-8H2. The maximum atomic E-state index is 5.52. The predicted octanol–water partition coefficient (Wildman–Crippen LogP) is 2.34. The minimum absolute atomic E-state index is 0.347. The lowest BCUT2D eigenvalue weighted by molar-refractivity contribution is 0.0916. The molecule has 1 saturated heterocycles. The van der Waals surface area contributed by atoms with Crippen LogP contribution in [0.15, 0.2) is 12.2 Å². The smallest absolute Gasteiger partial charge is 0.0755 e. The van der Waals surface area contributed by atoms with Gasteiger partial charge in [-0.05, 0) is 19.8 Å². The van der Waals surface area contributed by atoms with Crippen molar-refractivity contribution >= 4 is 0 Å². The average molecular weight is 139 g/mol. The lowest BCUT2D eigenvalue weighted by Crippen LogP contribution is -2.07. The van der Waals surface area contributed by atoms with E-state index < -0.39 is 0 Å². The van der Waals surface area contributed by atoms with Crippen LogP contribution in [-0.2, 0) is 4.74 Å². The van der Waals surface area contributed by atoms with E-state index in [2.05, 4.69) is 6.92 Å². The van der Waals surface area contributed by atoms with Crippen LogP contribution in [0.5, 0.6) is 0 Å². The third-order valence-electron chi connectivity index (χ3n) is 1.82. The van der Waals surface area contributed by atoms with E-state index in [1.165, 1.54) is 25.7 Å². The first-order chi connectivity index (χ1) is 4.93. The van der Waals surface area contributed by atoms with Gasteiger partial charge in [0.2, 0.25) is 0 Å². The van der Waals surface area contributed by atoms with Gasteiger partial charge in [0.25, 0.3) is 0 Å². The Balaban J connectivity index is 2.28. The molecule has 1 aliphatic heterocycles. The molecule has 0 amide bonds. The Kier molecular flexibility index (Phi) is 3.52. The van der Waals surface area contributed by atoms with Crippen molar-refractivity contribution in [2.24, 2.45) is 0 Å². The zero-order valence-electron chi connectivity index (χ0n) is 6.38. The van der Waals surface area contributed by atoms with Crippen LogP contribution in [0.2, 0.25) is 0 Å². The Bertz CT molecular complexity index is 99.3. The van der Waals surface area contributed by atoms with Crippen LogP contribution >= 0.6 is 0 Å². The van der Waals surface area contributed by atoms with Gasteiger partial charge in [-0.1, -0.05) is 25.0 Å². The Labute approximate surface area is 63.1 Å². The molecule has 1 atom stereocenters. The van der Waals surface area contributed by atoms with Gasteiger partial charge < -0.3 is 4.74 Å². The van der Waals surface area contributed by atoms with Crippen LogP contribution in [0, 0.1) is 6.92 Å². The lowest BCUT2D eigenvalue weighted by atomic mass is 10.1. The topological polar surface area (TPSA) is 9.23 Å². The monoisotopic (exact) mass is 139 g/mol. The van der Waals surface area contributed by atoms with E-state index in [9.17, 15) is 0 Å². The van der Waals surface area contributed by atoms with E-state index >= 15 is 0 Å². The molecular weight excluding hydrogens is 124 g/mol. The molecule has 1 unspecified atom stereocenters. The Morgan fingerprint density at radius 2 is 2.20 bits per heavy atom. The number of rotatable bonds is 1. The molecule has 0 saturated carbocycles. The fraction of sp³-hybridized carbons (Fsp3) is 0.667. The zero-order valence-corrected chi connectivity index (χ0v) is 6.38. The molecule has 0 aromatic carbocycles. The molecule has 57 valence electrons. The van der Waals surface area contributed by atoms with Gasteiger partial charge in [0.15, 0.2) is 0 Å². The molecule has 10 heavy (non-hydrogen) atoms. The van der Waals surface area contributed by atoms with Crippen LogP contribution in [-0.4, -0.2) is 12.7 Å². The van der Waals surface area contributed by atoms with Gasteiger partial charge in [0.05, 0.1) is 6.10 Å². The second kappa shape index (κ2) is 4.51. The predicted molar refractivity (Wildman–Crippen MR) is 42.7 cm³/mol. The van der Waals surface area contributed by atoms with Crippen molar-refractivity contribution in [1.82, 2.24) is 0 Å². The van der Waals surface area contributed by atoms with Gasteiger partial charge in [-0.15, -0.1) is 0 Å². The molecule has 1 radical (unpaired) electrons. The summed E-state index contributed by atoms with van der Waals surface area (Å²) in [6.45, 7) is 4.58. The minimum atomic E-state index is 0.347. The Hall–Kier alpha value is -0.300. The SMILES string of the molecule is [CH2]C=CC1CCCCCO1. The first kappa shape index (κ1) is 7.80. The highest BCUT2D eigenvalue weighted by Crippen LogP contribution is 2.13. The second-order valence-corrected chi connectivity index (χ2v) is 2.69. The van der Waals surface area contributed by atoms with Crippen LogP contribution in [0.25, 0.3) is 0 Å². The summed E-state index contributed by atoms with van der Waals surface area (Å²) >= 11 is 0. The van der Waals surface area contributed by atoms with Crippen molar-refractivity contribution in [3.63, 3.8) is 0 Å². The number of hydrogen-bond acceptors (Lipinski definition) is 1. The fourth-order valence-electron chi connectivity index (χ4n) is 1.25. The molecule has 0 bridgehead atoms. The molecule has 1 aliphatic rings. The summed E-state index contributed by atoms with van der Waals surface area (Å²) in [6.07, 6.45) is 9.24. The van der Waals surface area contributed by atoms with Gasteiger partial charge in [-0.2, -0.15) is 0 Å². The van der Waals surface area contributed by atoms with Gasteiger partial charge in [-0.25, -0.2) is 0 Å². The highest BCUT2D eigenvalue weighted by atomic mass is 16.5. The minimum Gasteiger partial charge on any atom is -0.374 e. The maximum absolute atomic E-state index is 5.52. The quantitative estimate of drug-likeness (QED) is 0.541. The summed E-state index contributed by atoms with van der Waals surface area (Å²) in [6, 6.07) is 0. The highest BCUT2D eigenvalue weighted by Gasteiger charge is 2.07. The maximum Gasteiger partial charge on any atom is 0.0755 e. The molecule has 1 nitrogen and oxygen atoms in total. The molecular formula is C9H15O. The van der Waals surface area contributed by atoms with E-state index in [0.717, 1.165) is 6.61 Å². The summed E-state index contributed by atoms with van der Waals surface area (Å²) in [5, 5.41) is 0. The third kappa shape index (κ3) is 2.53. The summed E-state index contributed by atoms with van der Waals surface area (Å²) in [5.41, 5.74) is 0. The largest absolute Gasteiger partial charge is 0.374 e. The third-order valence-corrected chi connectivity index (χ3v) is 1.82. The Morgan fingerprint density at radius 3 is 3.00 bits per heavy atom. The van der Waals surface area contributed by atoms with Crippen LogP contribution < -0.4 is 0 Å². The van der Waals surface area contributed by atoms with Crippen LogP contribution in [0.3, 0.4) is 0 Å². The summed E-state index contributed by atoms with van der Waals surface area (Å²) in [4.78, 5) is 0. The van der Waals surface area contributed by atoms with Gasteiger partial charge in [-0.3, -0.25) is 0 Å². The van der Waals surface area contributed by atoms with E-state index in [0.29, 0.717) is 6.10 Å². The van der Waals surface area contributed by atoms with Crippen molar-refractivity contribution in [1.29, 1.82) is 0 Å². The first-order valence-corrected chi connectivity index (χ1v) is 4.01. The van der Waals surface area contributed by atoms with E-state index in [4.69, 9.17) is 4.74 Å². The fourth-order valence-corrected chi connectivity index (χ4v) is 1.25. The molecule has 0 aromatic rings. The van der Waals surface area contributed by atoms with Crippen molar-refractivity contribution in [3.05, 3.63) is 19.1 Å². The number of allylic oxidation sites excluding steroid dienone is 1.